The van der Waals surface area contributed by atoms with E-state index in [1.54, 1.807) is 0 Å². The summed E-state index contributed by atoms with van der Waals surface area (Å²) in [5, 5.41) is 4.11. The number of amides is 1. The first kappa shape index (κ1) is 17.5. The van der Waals surface area contributed by atoms with Gasteiger partial charge < -0.3 is 0 Å². The van der Waals surface area contributed by atoms with Crippen LogP contribution in [0.3, 0.4) is 0 Å². The Kier molecular flexibility index (Phi) is 4.11. The van der Waals surface area contributed by atoms with Gasteiger partial charge in [-0.3, -0.25) is 13.9 Å². The number of hydrazone groups is 1. The molecule has 0 unspecified atom stereocenters. The number of nitrogens with one attached hydrogen (secondary N) is 1. The monoisotopic (exact) mass is 384 g/mol. The quantitative estimate of drug-likeness (QED) is 0.658. The van der Waals surface area contributed by atoms with Crippen LogP contribution >= 0.6 is 0 Å². The number of rotatable bonds is 4. The summed E-state index contributed by atoms with van der Waals surface area (Å²) in [5.41, 5.74) is 3.03. The first-order valence-corrected chi connectivity index (χ1v) is 9.78. The molecule has 0 saturated heterocycles. The molecule has 25 heavy (non-hydrogen) atoms. The second kappa shape index (κ2) is 5.88. The van der Waals surface area contributed by atoms with Gasteiger partial charge in [0.25, 0.3) is 20.2 Å². The molecular weight excluding hydrogens is 372 g/mol. The maximum Gasteiger partial charge on any atom is 0.295 e. The van der Waals surface area contributed by atoms with E-state index in [1.807, 2.05) is 0 Å². The molecule has 0 saturated carbocycles. The first-order valence-electron chi connectivity index (χ1n) is 6.90. The van der Waals surface area contributed by atoms with Crippen molar-refractivity contribution >= 4 is 42.6 Å². The van der Waals surface area contributed by atoms with E-state index in [-0.39, 0.29) is 24.1 Å². The van der Waals surface area contributed by atoms with E-state index in [0.717, 1.165) is 12.1 Å². The van der Waals surface area contributed by atoms with Crippen LogP contribution in [-0.4, -0.2) is 37.6 Å². The predicted octanol–water partition coefficient (Wildman–Crippen LogP) is 0.752. The Balaban J connectivity index is 2.29. The van der Waals surface area contributed by atoms with Crippen molar-refractivity contribution in [2.75, 3.05) is 0 Å². The summed E-state index contributed by atoms with van der Waals surface area (Å²) < 4.78 is 64.9. The Morgan fingerprint density at radius 3 is 2.32 bits per heavy atom. The van der Waals surface area contributed by atoms with Crippen LogP contribution in [0.2, 0.25) is 0 Å². The van der Waals surface area contributed by atoms with Gasteiger partial charge in [0.1, 0.15) is 4.90 Å². The molecule has 11 heteroatoms. The molecule has 9 nitrogen and oxygen atoms in total. The molecule has 0 aromatic heterocycles. The second-order valence-electron chi connectivity index (χ2n) is 5.45. The lowest BCUT2D eigenvalue weighted by Crippen LogP contribution is -2.10. The van der Waals surface area contributed by atoms with Gasteiger partial charge in [-0.1, -0.05) is 12.1 Å². The maximum absolute atomic E-state index is 11.6. The Hall–Kier alpha value is -2.34. The summed E-state index contributed by atoms with van der Waals surface area (Å²) in [6.45, 7) is 0. The molecule has 132 valence electrons. The highest BCUT2D eigenvalue weighted by Crippen LogP contribution is 2.30. The molecule has 0 atom stereocenters. The van der Waals surface area contributed by atoms with Gasteiger partial charge in [-0.15, -0.1) is 0 Å². The number of benzene rings is 2. The van der Waals surface area contributed by atoms with Gasteiger partial charge in [-0.2, -0.15) is 21.9 Å². The fraction of sp³-hybridized carbons (Fsp3) is 0.143. The van der Waals surface area contributed by atoms with E-state index in [9.17, 15) is 30.7 Å². The molecule has 0 radical (unpaired) electrons. The molecule has 2 aromatic carbocycles. The summed E-state index contributed by atoms with van der Waals surface area (Å²) in [6, 6.07) is 6.20. The van der Waals surface area contributed by atoms with Gasteiger partial charge in [0.2, 0.25) is 5.91 Å². The number of fused-ring (bicyclic) bond motifs is 1. The van der Waals surface area contributed by atoms with Crippen molar-refractivity contribution in [1.82, 2.24) is 5.43 Å². The lowest BCUT2D eigenvalue weighted by molar-refractivity contribution is -0.119. The van der Waals surface area contributed by atoms with Gasteiger partial charge in [-0.05, 0) is 29.1 Å². The zero-order chi connectivity index (χ0) is 18.4. The average Bonchev–Trinajstić information content (AvgIpc) is 2.89. The molecule has 3 rings (SSSR count). The van der Waals surface area contributed by atoms with Crippen molar-refractivity contribution in [3.05, 3.63) is 35.9 Å². The summed E-state index contributed by atoms with van der Waals surface area (Å²) in [5.74, 6) is -0.316. The van der Waals surface area contributed by atoms with Crippen molar-refractivity contribution in [2.45, 2.75) is 22.6 Å². The molecule has 1 amide bonds. The predicted molar refractivity (Wildman–Crippen MR) is 87.5 cm³/mol. The Bertz CT molecular complexity index is 1140. The average molecular weight is 384 g/mol. The van der Waals surface area contributed by atoms with E-state index >= 15 is 0 Å². The SMILES string of the molecule is O=C1CC(Cc2cc(S(=O)(=O)O)cc3c(S(=O)(=O)O)cccc23)=NN1. The number of carbonyl (C=O) groups is 1. The van der Waals surface area contributed by atoms with Crippen molar-refractivity contribution in [3.63, 3.8) is 0 Å². The Morgan fingerprint density at radius 1 is 1.04 bits per heavy atom. The van der Waals surface area contributed by atoms with Gasteiger partial charge in [-0.25, -0.2) is 5.43 Å². The fourth-order valence-electron chi connectivity index (χ4n) is 2.65. The van der Waals surface area contributed by atoms with Crippen LogP contribution in [0.5, 0.6) is 0 Å². The van der Waals surface area contributed by atoms with Gasteiger partial charge in [0.15, 0.2) is 0 Å². The summed E-state index contributed by atoms with van der Waals surface area (Å²) in [6.07, 6.45) is 0.0864. The number of hydrogen-bond donors (Lipinski definition) is 3. The molecule has 1 aliphatic rings. The molecule has 0 aliphatic carbocycles. The summed E-state index contributed by atoms with van der Waals surface area (Å²) in [4.78, 5) is 10.2. The second-order valence-corrected chi connectivity index (χ2v) is 8.26. The molecule has 0 bridgehead atoms. The fourth-order valence-corrected chi connectivity index (χ4v) is 3.91. The van der Waals surface area contributed by atoms with E-state index in [0.29, 0.717) is 16.7 Å². The Morgan fingerprint density at radius 2 is 1.76 bits per heavy atom. The third-order valence-electron chi connectivity index (χ3n) is 3.69. The van der Waals surface area contributed by atoms with Crippen LogP contribution in [0.25, 0.3) is 10.8 Å². The highest BCUT2D eigenvalue weighted by atomic mass is 32.2. The molecule has 0 fully saturated rings. The van der Waals surface area contributed by atoms with Crippen molar-refractivity contribution in [1.29, 1.82) is 0 Å². The number of nitrogens with zero attached hydrogens (tertiary/aromatic N) is 1. The molecule has 1 aliphatic heterocycles. The van der Waals surface area contributed by atoms with Crippen LogP contribution in [0.15, 0.2) is 45.2 Å². The van der Waals surface area contributed by atoms with Gasteiger partial charge >= 0.3 is 0 Å². The summed E-state index contributed by atoms with van der Waals surface area (Å²) >= 11 is 0. The van der Waals surface area contributed by atoms with Gasteiger partial charge in [0, 0.05) is 11.8 Å². The van der Waals surface area contributed by atoms with Crippen LogP contribution in [-0.2, 0) is 31.5 Å². The molecule has 2 aromatic rings. The van der Waals surface area contributed by atoms with Gasteiger partial charge in [0.05, 0.1) is 17.0 Å². The van der Waals surface area contributed by atoms with Crippen molar-refractivity contribution in [3.8, 4) is 0 Å². The van der Waals surface area contributed by atoms with Crippen LogP contribution < -0.4 is 5.43 Å². The third-order valence-corrected chi connectivity index (χ3v) is 5.43. The highest BCUT2D eigenvalue weighted by Gasteiger charge is 2.22. The minimum Gasteiger partial charge on any atom is -0.282 e. The largest absolute Gasteiger partial charge is 0.295 e. The number of carbonyl (C=O) groups excluding carboxylic acids is 1. The molecule has 1 heterocycles. The zero-order valence-corrected chi connectivity index (χ0v) is 14.1. The van der Waals surface area contributed by atoms with E-state index in [2.05, 4.69) is 10.5 Å². The van der Waals surface area contributed by atoms with E-state index in [1.165, 1.54) is 18.2 Å². The minimum absolute atomic E-state index is 0.0234. The standard InChI is InChI=1S/C14H12N2O7S2/c17-14-6-9(15-16-14)4-8-5-10(24(18,19)20)7-12-11(8)2-1-3-13(12)25(21,22)23/h1-3,5,7H,4,6H2,(H,16,17)(H,18,19,20)(H,21,22,23). The normalized spacial score (nSPS) is 15.3. The zero-order valence-electron chi connectivity index (χ0n) is 12.5. The molecule has 3 N–H and O–H groups in total. The lowest BCUT2D eigenvalue weighted by Gasteiger charge is -2.11. The van der Waals surface area contributed by atoms with E-state index < -0.39 is 30.0 Å². The van der Waals surface area contributed by atoms with Crippen LogP contribution in [0.4, 0.5) is 0 Å². The summed E-state index contributed by atoms with van der Waals surface area (Å²) in [7, 11) is -9.24. The van der Waals surface area contributed by atoms with Crippen LogP contribution in [0.1, 0.15) is 12.0 Å². The number of hydrogen-bond acceptors (Lipinski definition) is 6. The third kappa shape index (κ3) is 3.54. The molecular formula is C14H12N2O7S2. The lowest BCUT2D eigenvalue weighted by atomic mass is 9.99. The Labute approximate surface area is 142 Å². The maximum atomic E-state index is 11.6. The van der Waals surface area contributed by atoms with E-state index in [4.69, 9.17) is 0 Å². The molecule has 0 spiro atoms. The first-order chi connectivity index (χ1) is 11.6. The highest BCUT2D eigenvalue weighted by molar-refractivity contribution is 7.86. The smallest absolute Gasteiger partial charge is 0.282 e. The van der Waals surface area contributed by atoms with Crippen molar-refractivity contribution in [2.24, 2.45) is 5.10 Å². The van der Waals surface area contributed by atoms with Crippen LogP contribution in [0, 0.1) is 0 Å². The minimum atomic E-state index is -4.62. The van der Waals surface area contributed by atoms with Crippen molar-refractivity contribution < 1.29 is 30.7 Å². The topological polar surface area (TPSA) is 150 Å².